The first kappa shape index (κ1) is 12.9. The van der Waals surface area contributed by atoms with Crippen molar-refractivity contribution < 1.29 is 4.79 Å². The number of hydrogen-bond donors (Lipinski definition) is 2. The molecule has 98 valence electrons. The van der Waals surface area contributed by atoms with Gasteiger partial charge in [0, 0.05) is 12.1 Å². The van der Waals surface area contributed by atoms with E-state index in [4.69, 9.17) is 0 Å². The summed E-state index contributed by atoms with van der Waals surface area (Å²) in [6.07, 6.45) is 10.1. The Morgan fingerprint density at radius 2 is 1.71 bits per heavy atom. The van der Waals surface area contributed by atoms with Crippen LogP contribution >= 0.6 is 0 Å². The molecule has 0 heterocycles. The van der Waals surface area contributed by atoms with E-state index in [1.54, 1.807) is 0 Å². The highest BCUT2D eigenvalue weighted by Crippen LogP contribution is 2.23. The molecule has 2 aliphatic rings. The zero-order valence-corrected chi connectivity index (χ0v) is 11.0. The monoisotopic (exact) mass is 238 g/mol. The van der Waals surface area contributed by atoms with Crippen LogP contribution in [-0.4, -0.2) is 24.5 Å². The van der Waals surface area contributed by atoms with E-state index < -0.39 is 0 Å². The Bertz CT molecular complexity index is 249. The van der Waals surface area contributed by atoms with Gasteiger partial charge in [0.15, 0.2) is 0 Å². The topological polar surface area (TPSA) is 41.1 Å². The lowest BCUT2D eigenvalue weighted by atomic mass is 9.86. The van der Waals surface area contributed by atoms with Crippen molar-refractivity contribution in [1.82, 2.24) is 10.6 Å². The van der Waals surface area contributed by atoms with Gasteiger partial charge in [-0.3, -0.25) is 4.79 Å². The second kappa shape index (κ2) is 6.39. The molecule has 0 radical (unpaired) electrons. The first-order valence-corrected chi connectivity index (χ1v) is 7.28. The molecule has 3 heteroatoms. The van der Waals surface area contributed by atoms with Crippen LogP contribution in [0.5, 0.6) is 0 Å². The first-order valence-electron chi connectivity index (χ1n) is 7.28. The molecule has 0 bridgehead atoms. The maximum Gasteiger partial charge on any atom is 0.234 e. The lowest BCUT2D eigenvalue weighted by Gasteiger charge is -2.29. The molecule has 3 nitrogen and oxygen atoms in total. The molecule has 0 aromatic carbocycles. The van der Waals surface area contributed by atoms with Crippen LogP contribution in [0.1, 0.15) is 58.3 Å². The van der Waals surface area contributed by atoms with Crippen molar-refractivity contribution in [3.05, 3.63) is 0 Å². The van der Waals surface area contributed by atoms with Gasteiger partial charge >= 0.3 is 0 Å². The molecule has 2 saturated carbocycles. The molecule has 2 N–H and O–H groups in total. The van der Waals surface area contributed by atoms with Crippen molar-refractivity contribution >= 4 is 5.91 Å². The second-order valence-corrected chi connectivity index (χ2v) is 5.80. The third kappa shape index (κ3) is 3.98. The van der Waals surface area contributed by atoms with E-state index in [0.29, 0.717) is 18.6 Å². The summed E-state index contributed by atoms with van der Waals surface area (Å²) in [5.41, 5.74) is 0. The van der Waals surface area contributed by atoms with Crippen LogP contribution in [0.3, 0.4) is 0 Å². The van der Waals surface area contributed by atoms with Crippen molar-refractivity contribution in [2.24, 2.45) is 5.92 Å². The Morgan fingerprint density at radius 1 is 1.06 bits per heavy atom. The summed E-state index contributed by atoms with van der Waals surface area (Å²) in [5, 5.41) is 6.56. The summed E-state index contributed by atoms with van der Waals surface area (Å²) in [5.74, 6) is 0.915. The lowest BCUT2D eigenvalue weighted by molar-refractivity contribution is -0.121. The molecule has 2 aliphatic carbocycles. The number of carbonyl (C=O) groups excluding carboxylic acids is 1. The lowest BCUT2D eigenvalue weighted by Crippen LogP contribution is -2.45. The SMILES string of the molecule is CC1CCCCC1NCC(=O)NC1CCCC1. The highest BCUT2D eigenvalue weighted by atomic mass is 16.1. The Balaban J connectivity index is 1.64. The van der Waals surface area contributed by atoms with Gasteiger partial charge in [-0.05, 0) is 31.6 Å². The summed E-state index contributed by atoms with van der Waals surface area (Å²) in [6.45, 7) is 2.80. The van der Waals surface area contributed by atoms with Gasteiger partial charge in [-0.15, -0.1) is 0 Å². The van der Waals surface area contributed by atoms with Gasteiger partial charge in [0.2, 0.25) is 5.91 Å². The van der Waals surface area contributed by atoms with Crippen LogP contribution in [0, 0.1) is 5.92 Å². The highest BCUT2D eigenvalue weighted by molar-refractivity contribution is 5.78. The van der Waals surface area contributed by atoms with Crippen molar-refractivity contribution in [1.29, 1.82) is 0 Å². The molecule has 0 spiro atoms. The molecule has 2 unspecified atom stereocenters. The number of rotatable bonds is 4. The van der Waals surface area contributed by atoms with Gasteiger partial charge in [0.25, 0.3) is 0 Å². The third-order valence-corrected chi connectivity index (χ3v) is 4.36. The van der Waals surface area contributed by atoms with Crippen molar-refractivity contribution in [2.45, 2.75) is 70.4 Å². The molecule has 2 atom stereocenters. The third-order valence-electron chi connectivity index (χ3n) is 4.36. The molecule has 0 aliphatic heterocycles. The summed E-state index contributed by atoms with van der Waals surface area (Å²) < 4.78 is 0. The van der Waals surface area contributed by atoms with Crippen molar-refractivity contribution in [3.63, 3.8) is 0 Å². The molecule has 0 aromatic rings. The average Bonchev–Trinajstić information content (AvgIpc) is 2.81. The van der Waals surface area contributed by atoms with Crippen LogP contribution in [0.25, 0.3) is 0 Å². The van der Waals surface area contributed by atoms with E-state index in [-0.39, 0.29) is 5.91 Å². The molecular weight excluding hydrogens is 212 g/mol. The number of hydrogen-bond acceptors (Lipinski definition) is 2. The van der Waals surface area contributed by atoms with Crippen LogP contribution in [0.4, 0.5) is 0 Å². The minimum Gasteiger partial charge on any atom is -0.352 e. The maximum absolute atomic E-state index is 11.8. The molecular formula is C14H26N2O. The van der Waals surface area contributed by atoms with Crippen LogP contribution < -0.4 is 10.6 Å². The fraction of sp³-hybridized carbons (Fsp3) is 0.929. The minimum atomic E-state index is 0.190. The molecule has 2 fully saturated rings. The van der Waals surface area contributed by atoms with Crippen LogP contribution in [-0.2, 0) is 4.79 Å². The van der Waals surface area contributed by atoms with Crippen molar-refractivity contribution in [2.75, 3.05) is 6.54 Å². The number of nitrogens with one attached hydrogen (secondary N) is 2. The smallest absolute Gasteiger partial charge is 0.234 e. The zero-order valence-electron chi connectivity index (χ0n) is 11.0. The Labute approximate surface area is 105 Å². The predicted molar refractivity (Wildman–Crippen MR) is 69.8 cm³/mol. The summed E-state index contributed by atoms with van der Waals surface area (Å²) in [6, 6.07) is 1.01. The minimum absolute atomic E-state index is 0.190. The summed E-state index contributed by atoms with van der Waals surface area (Å²) in [4.78, 5) is 11.8. The van der Waals surface area contributed by atoms with E-state index in [9.17, 15) is 4.79 Å². The standard InChI is InChI=1S/C14H26N2O/c1-11-6-2-5-9-13(11)15-10-14(17)16-12-7-3-4-8-12/h11-13,15H,2-10H2,1H3,(H,16,17). The second-order valence-electron chi connectivity index (χ2n) is 5.80. The number of carbonyl (C=O) groups is 1. The zero-order chi connectivity index (χ0) is 12.1. The van der Waals surface area contributed by atoms with Gasteiger partial charge in [-0.25, -0.2) is 0 Å². The number of amides is 1. The van der Waals surface area contributed by atoms with Crippen LogP contribution in [0.15, 0.2) is 0 Å². The van der Waals surface area contributed by atoms with Gasteiger partial charge in [0.1, 0.15) is 0 Å². The molecule has 0 aromatic heterocycles. The molecule has 0 saturated heterocycles. The van der Waals surface area contributed by atoms with Gasteiger partial charge in [-0.2, -0.15) is 0 Å². The predicted octanol–water partition coefficient (Wildman–Crippen LogP) is 2.21. The van der Waals surface area contributed by atoms with E-state index in [2.05, 4.69) is 17.6 Å². The van der Waals surface area contributed by atoms with E-state index in [0.717, 1.165) is 5.92 Å². The Morgan fingerprint density at radius 3 is 2.41 bits per heavy atom. The molecule has 1 amide bonds. The van der Waals surface area contributed by atoms with Crippen molar-refractivity contribution in [3.8, 4) is 0 Å². The fourth-order valence-electron chi connectivity index (χ4n) is 3.19. The van der Waals surface area contributed by atoms with E-state index in [1.807, 2.05) is 0 Å². The first-order chi connectivity index (χ1) is 8.25. The quantitative estimate of drug-likeness (QED) is 0.788. The largest absolute Gasteiger partial charge is 0.352 e. The Kier molecular flexibility index (Phi) is 4.84. The summed E-state index contributed by atoms with van der Waals surface area (Å²) in [7, 11) is 0. The van der Waals surface area contributed by atoms with Gasteiger partial charge in [0.05, 0.1) is 6.54 Å². The van der Waals surface area contributed by atoms with Gasteiger partial charge < -0.3 is 10.6 Å². The van der Waals surface area contributed by atoms with Crippen LogP contribution in [0.2, 0.25) is 0 Å². The fourth-order valence-corrected chi connectivity index (χ4v) is 3.19. The van der Waals surface area contributed by atoms with E-state index >= 15 is 0 Å². The Hall–Kier alpha value is -0.570. The van der Waals surface area contributed by atoms with Gasteiger partial charge in [-0.1, -0.05) is 32.6 Å². The average molecular weight is 238 g/mol. The maximum atomic E-state index is 11.8. The molecule has 2 rings (SSSR count). The van der Waals surface area contributed by atoms with E-state index in [1.165, 1.54) is 51.4 Å². The normalized spacial score (nSPS) is 30.4. The molecule has 17 heavy (non-hydrogen) atoms. The highest BCUT2D eigenvalue weighted by Gasteiger charge is 2.22. The summed E-state index contributed by atoms with van der Waals surface area (Å²) >= 11 is 0.